The van der Waals surface area contributed by atoms with E-state index in [2.05, 4.69) is 89.5 Å². The smallest absolute Gasteiger partial charge is 0.212 e. The van der Waals surface area contributed by atoms with Crippen LogP contribution in [0.5, 0.6) is 0 Å². The molecule has 0 amide bonds. The molecule has 0 bridgehead atoms. The fourth-order valence-electron chi connectivity index (χ4n) is 2.89. The first-order valence-electron chi connectivity index (χ1n) is 7.44. The van der Waals surface area contributed by atoms with Crippen LogP contribution in [0, 0.1) is 0 Å². The number of H-pyrrole nitrogens is 1. The number of hydrogen-bond donors (Lipinski definition) is 1. The van der Waals surface area contributed by atoms with Crippen LogP contribution in [0.25, 0.3) is 34.0 Å². The van der Waals surface area contributed by atoms with Gasteiger partial charge in [0.15, 0.2) is 6.20 Å². The van der Waals surface area contributed by atoms with Crippen LogP contribution in [0.15, 0.2) is 67.0 Å². The summed E-state index contributed by atoms with van der Waals surface area (Å²) in [6, 6.07) is 19.2. The number of aryl methyl sites for hydroxylation is 1. The number of nitrogens with one attached hydrogen (secondary N) is 1. The summed E-state index contributed by atoms with van der Waals surface area (Å²) in [6.45, 7) is 0. The lowest BCUT2D eigenvalue weighted by molar-refractivity contribution is -0.644. The van der Waals surface area contributed by atoms with E-state index >= 15 is 0 Å². The van der Waals surface area contributed by atoms with Gasteiger partial charge in [-0.2, -0.15) is 0 Å². The van der Waals surface area contributed by atoms with Crippen LogP contribution in [0.2, 0.25) is 0 Å². The second-order valence-electron chi connectivity index (χ2n) is 5.56. The van der Waals surface area contributed by atoms with Crippen molar-refractivity contribution in [3.63, 3.8) is 0 Å². The summed E-state index contributed by atoms with van der Waals surface area (Å²) in [7, 11) is 2.08. The second-order valence-corrected chi connectivity index (χ2v) is 5.56. The lowest BCUT2D eigenvalue weighted by atomic mass is 10.1. The zero-order valence-corrected chi connectivity index (χ0v) is 15.0. The number of benzene rings is 2. The van der Waals surface area contributed by atoms with Crippen molar-refractivity contribution in [2.24, 2.45) is 7.05 Å². The molecule has 2 nitrogen and oxygen atoms in total. The molecule has 0 aliphatic heterocycles. The van der Waals surface area contributed by atoms with Gasteiger partial charge in [-0.05, 0) is 40.8 Å². The Morgan fingerprint density at radius 3 is 2.74 bits per heavy atom. The van der Waals surface area contributed by atoms with Crippen LogP contribution in [0.4, 0.5) is 0 Å². The Hall–Kier alpha value is -2.14. The molecule has 2 aromatic carbocycles. The average molecular weight is 412 g/mol. The third-order valence-corrected chi connectivity index (χ3v) is 4.11. The monoisotopic (exact) mass is 412 g/mol. The molecule has 4 rings (SSSR count). The van der Waals surface area contributed by atoms with Gasteiger partial charge in [0.25, 0.3) is 0 Å². The maximum absolute atomic E-state index is 3.22. The average Bonchev–Trinajstić information content (AvgIpc) is 3.02. The first kappa shape index (κ1) is 15.7. The molecule has 2 aromatic heterocycles. The molecule has 3 heteroatoms. The molecule has 0 aliphatic carbocycles. The number of para-hydroxylation sites is 1. The number of hydrogen-bond acceptors (Lipinski definition) is 0. The Balaban J connectivity index is 0.00000156. The minimum Gasteiger partial charge on any atom is -1.00 e. The van der Waals surface area contributed by atoms with Gasteiger partial charge in [0.05, 0.1) is 5.39 Å². The van der Waals surface area contributed by atoms with E-state index in [0.29, 0.717) is 0 Å². The Morgan fingerprint density at radius 1 is 0.957 bits per heavy atom. The fraction of sp³-hybridized carbons (Fsp3) is 0.0500. The summed E-state index contributed by atoms with van der Waals surface area (Å²) < 4.78 is 2.15. The Morgan fingerprint density at radius 2 is 1.83 bits per heavy atom. The lowest BCUT2D eigenvalue weighted by Crippen LogP contribution is -3.00. The molecule has 0 fully saturated rings. The summed E-state index contributed by atoms with van der Waals surface area (Å²) in [5, 5.41) is 2.51. The molecule has 0 aliphatic rings. The van der Waals surface area contributed by atoms with Gasteiger partial charge in [0.2, 0.25) is 5.52 Å². The van der Waals surface area contributed by atoms with E-state index in [4.69, 9.17) is 0 Å². The molecule has 23 heavy (non-hydrogen) atoms. The first-order chi connectivity index (χ1) is 10.8. The van der Waals surface area contributed by atoms with Gasteiger partial charge in [-0.1, -0.05) is 30.4 Å². The third kappa shape index (κ3) is 3.01. The van der Waals surface area contributed by atoms with Gasteiger partial charge in [-0.25, -0.2) is 4.57 Å². The quantitative estimate of drug-likeness (QED) is 0.379. The molecule has 2 heterocycles. The van der Waals surface area contributed by atoms with E-state index in [1.165, 1.54) is 32.9 Å². The summed E-state index contributed by atoms with van der Waals surface area (Å²) in [5.41, 5.74) is 4.87. The Bertz CT molecular complexity index is 999. The van der Waals surface area contributed by atoms with Crippen molar-refractivity contribution >= 4 is 34.0 Å². The maximum atomic E-state index is 3.22. The van der Waals surface area contributed by atoms with Crippen molar-refractivity contribution in [2.45, 2.75) is 0 Å². The molecule has 0 saturated heterocycles. The van der Waals surface area contributed by atoms with Gasteiger partial charge in [0, 0.05) is 23.8 Å². The van der Waals surface area contributed by atoms with Gasteiger partial charge in [-0.15, -0.1) is 0 Å². The molecule has 0 radical (unpaired) electrons. The summed E-state index contributed by atoms with van der Waals surface area (Å²) >= 11 is 0. The number of halogens is 1. The molecular formula is C20H17IN2. The number of aromatic nitrogens is 2. The molecule has 1 N–H and O–H groups in total. The molecule has 0 unspecified atom stereocenters. The van der Waals surface area contributed by atoms with Gasteiger partial charge in [0.1, 0.15) is 7.05 Å². The van der Waals surface area contributed by atoms with E-state index in [0.717, 1.165) is 0 Å². The van der Waals surface area contributed by atoms with Crippen molar-refractivity contribution in [3.8, 4) is 0 Å². The predicted octanol–water partition coefficient (Wildman–Crippen LogP) is 1.32. The number of aromatic amines is 1. The zero-order chi connectivity index (χ0) is 14.9. The van der Waals surface area contributed by atoms with Crippen LogP contribution in [-0.4, -0.2) is 4.98 Å². The SMILES string of the molecule is C[n+]1ccc(C=Cc2ccc3[nH]ccc3c2)c2ccccc21.[I-]. The minimum absolute atomic E-state index is 0. The number of fused-ring (bicyclic) bond motifs is 2. The van der Waals surface area contributed by atoms with Gasteiger partial charge >= 0.3 is 0 Å². The van der Waals surface area contributed by atoms with Crippen molar-refractivity contribution in [1.29, 1.82) is 0 Å². The molecule has 114 valence electrons. The van der Waals surface area contributed by atoms with E-state index in [1.807, 2.05) is 6.20 Å². The van der Waals surface area contributed by atoms with Crippen LogP contribution >= 0.6 is 0 Å². The molecule has 0 saturated carbocycles. The lowest BCUT2D eigenvalue weighted by Gasteiger charge is -2.01. The standard InChI is InChI=1S/C20H16N2.HI/c1-22-13-11-16(18-4-2-3-5-20(18)22)8-6-15-7-9-19-17(14-15)10-12-21-19;/h2-14H,1H3;1H. The largest absolute Gasteiger partial charge is 1.00 e. The molecule has 4 aromatic rings. The number of rotatable bonds is 2. The van der Waals surface area contributed by atoms with Crippen molar-refractivity contribution in [2.75, 3.05) is 0 Å². The second kappa shape index (κ2) is 6.54. The zero-order valence-electron chi connectivity index (χ0n) is 12.8. The molecule has 0 atom stereocenters. The normalized spacial score (nSPS) is 11.2. The maximum Gasteiger partial charge on any atom is 0.212 e. The van der Waals surface area contributed by atoms with Crippen LogP contribution in [-0.2, 0) is 7.05 Å². The number of nitrogens with zero attached hydrogens (tertiary/aromatic N) is 1. The molecule has 0 spiro atoms. The van der Waals surface area contributed by atoms with Crippen molar-refractivity contribution in [1.82, 2.24) is 4.98 Å². The highest BCUT2D eigenvalue weighted by molar-refractivity contribution is 5.90. The van der Waals surface area contributed by atoms with E-state index in [1.54, 1.807) is 0 Å². The van der Waals surface area contributed by atoms with E-state index in [9.17, 15) is 0 Å². The summed E-state index contributed by atoms with van der Waals surface area (Å²) in [6.07, 6.45) is 8.45. The highest BCUT2D eigenvalue weighted by Gasteiger charge is 2.06. The Labute approximate surface area is 152 Å². The van der Waals surface area contributed by atoms with E-state index < -0.39 is 0 Å². The summed E-state index contributed by atoms with van der Waals surface area (Å²) in [5.74, 6) is 0. The van der Waals surface area contributed by atoms with Crippen molar-refractivity contribution < 1.29 is 28.5 Å². The van der Waals surface area contributed by atoms with Gasteiger partial charge < -0.3 is 29.0 Å². The van der Waals surface area contributed by atoms with Crippen LogP contribution in [0.3, 0.4) is 0 Å². The van der Waals surface area contributed by atoms with E-state index in [-0.39, 0.29) is 24.0 Å². The highest BCUT2D eigenvalue weighted by atomic mass is 127. The van der Waals surface area contributed by atoms with Gasteiger partial charge in [-0.3, -0.25) is 0 Å². The minimum atomic E-state index is 0. The summed E-state index contributed by atoms with van der Waals surface area (Å²) in [4.78, 5) is 3.22. The Kier molecular flexibility index (Phi) is 4.48. The fourth-order valence-corrected chi connectivity index (χ4v) is 2.89. The highest BCUT2D eigenvalue weighted by Crippen LogP contribution is 2.19. The predicted molar refractivity (Wildman–Crippen MR) is 92.4 cm³/mol. The van der Waals surface area contributed by atoms with Crippen LogP contribution < -0.4 is 28.5 Å². The third-order valence-electron chi connectivity index (χ3n) is 4.11. The topological polar surface area (TPSA) is 19.7 Å². The number of pyridine rings is 1. The first-order valence-corrected chi connectivity index (χ1v) is 7.44. The molecular weight excluding hydrogens is 395 g/mol. The van der Waals surface area contributed by atoms with Crippen molar-refractivity contribution in [3.05, 3.63) is 78.1 Å². The van der Waals surface area contributed by atoms with Crippen LogP contribution in [0.1, 0.15) is 11.1 Å².